The number of anilines is 2. The largest absolute Gasteiger partial charge is 0.349 e. The summed E-state index contributed by atoms with van der Waals surface area (Å²) in [6.45, 7) is 5.74. The van der Waals surface area contributed by atoms with Gasteiger partial charge in [-0.05, 0) is 12.5 Å². The molecule has 1 aromatic heterocycles. The fraction of sp³-hybridized carbons (Fsp3) is 0.312. The molecule has 0 fully saturated rings. The third kappa shape index (κ3) is 2.59. The van der Waals surface area contributed by atoms with Crippen LogP contribution in [0.4, 0.5) is 11.5 Å². The van der Waals surface area contributed by atoms with Gasteiger partial charge in [0.25, 0.3) is 0 Å². The summed E-state index contributed by atoms with van der Waals surface area (Å²) in [5, 5.41) is 0. The van der Waals surface area contributed by atoms with E-state index in [-0.39, 0.29) is 5.91 Å². The van der Waals surface area contributed by atoms with E-state index >= 15 is 0 Å². The summed E-state index contributed by atoms with van der Waals surface area (Å²) in [5.41, 5.74) is 2.91. The molecule has 0 saturated carbocycles. The van der Waals surface area contributed by atoms with Crippen molar-refractivity contribution in [3.05, 3.63) is 47.9 Å². The summed E-state index contributed by atoms with van der Waals surface area (Å²) in [6, 6.07) is 10.3. The minimum Gasteiger partial charge on any atom is -0.349 e. The van der Waals surface area contributed by atoms with E-state index in [4.69, 9.17) is 0 Å². The van der Waals surface area contributed by atoms with Crippen LogP contribution < -0.4 is 9.80 Å². The van der Waals surface area contributed by atoms with Gasteiger partial charge in [0.1, 0.15) is 12.0 Å². The van der Waals surface area contributed by atoms with Gasteiger partial charge in [0.15, 0.2) is 5.82 Å². The number of hydrogen-bond donors (Lipinski definition) is 0. The number of aromatic nitrogens is 2. The lowest BCUT2D eigenvalue weighted by Gasteiger charge is -2.36. The van der Waals surface area contributed by atoms with E-state index in [9.17, 15) is 4.79 Å². The number of rotatable bonds is 2. The minimum absolute atomic E-state index is 0.0357. The molecule has 108 valence electrons. The first-order valence-electron chi connectivity index (χ1n) is 7.05. The maximum Gasteiger partial charge on any atom is 0.224 e. The molecule has 1 amide bonds. The Hall–Kier alpha value is -2.43. The maximum absolute atomic E-state index is 11.8. The lowest BCUT2D eigenvalue weighted by atomic mass is 10.1. The van der Waals surface area contributed by atoms with E-state index in [2.05, 4.69) is 27.0 Å². The SMILES string of the molecule is CC(=O)N1CCN(Cc2ccccc2)c2ncnc(C)c21. The highest BCUT2D eigenvalue weighted by atomic mass is 16.2. The van der Waals surface area contributed by atoms with E-state index in [0.717, 1.165) is 30.3 Å². The highest BCUT2D eigenvalue weighted by Gasteiger charge is 2.28. The van der Waals surface area contributed by atoms with Gasteiger partial charge in [-0.25, -0.2) is 9.97 Å². The second-order valence-corrected chi connectivity index (χ2v) is 5.21. The average molecular weight is 282 g/mol. The number of aryl methyl sites for hydroxylation is 1. The predicted octanol–water partition coefficient (Wildman–Crippen LogP) is 2.16. The van der Waals surface area contributed by atoms with Crippen molar-refractivity contribution in [1.82, 2.24) is 9.97 Å². The maximum atomic E-state index is 11.8. The Labute approximate surface area is 124 Å². The standard InChI is InChI=1S/C16H18N4O/c1-12-15-16(18-11-17-12)19(8-9-20(15)13(2)21)10-14-6-4-3-5-7-14/h3-7,11H,8-10H2,1-2H3. The Kier molecular flexibility index (Phi) is 3.56. The zero-order chi connectivity index (χ0) is 14.8. The fourth-order valence-corrected chi connectivity index (χ4v) is 2.71. The topological polar surface area (TPSA) is 49.3 Å². The van der Waals surface area contributed by atoms with E-state index in [1.807, 2.05) is 25.1 Å². The van der Waals surface area contributed by atoms with Gasteiger partial charge in [-0.2, -0.15) is 0 Å². The van der Waals surface area contributed by atoms with Gasteiger partial charge in [0.2, 0.25) is 5.91 Å². The number of nitrogens with zero attached hydrogens (tertiary/aromatic N) is 4. The van der Waals surface area contributed by atoms with Crippen LogP contribution in [0.3, 0.4) is 0 Å². The van der Waals surface area contributed by atoms with E-state index in [0.29, 0.717) is 6.54 Å². The zero-order valence-corrected chi connectivity index (χ0v) is 12.3. The first-order valence-corrected chi connectivity index (χ1v) is 7.05. The molecule has 5 nitrogen and oxygen atoms in total. The quantitative estimate of drug-likeness (QED) is 0.847. The van der Waals surface area contributed by atoms with E-state index in [1.54, 1.807) is 18.2 Å². The molecule has 0 saturated heterocycles. The van der Waals surface area contributed by atoms with Crippen LogP contribution >= 0.6 is 0 Å². The summed E-state index contributed by atoms with van der Waals surface area (Å²) in [5.74, 6) is 0.876. The Morgan fingerprint density at radius 2 is 1.95 bits per heavy atom. The van der Waals surface area contributed by atoms with Crippen molar-refractivity contribution in [3.63, 3.8) is 0 Å². The van der Waals surface area contributed by atoms with Crippen molar-refractivity contribution in [2.75, 3.05) is 22.9 Å². The molecule has 3 rings (SSSR count). The zero-order valence-electron chi connectivity index (χ0n) is 12.3. The van der Waals surface area contributed by atoms with Crippen LogP contribution in [0.25, 0.3) is 0 Å². The van der Waals surface area contributed by atoms with Gasteiger partial charge in [0.05, 0.1) is 5.69 Å². The van der Waals surface area contributed by atoms with Gasteiger partial charge in [-0.1, -0.05) is 30.3 Å². The number of benzene rings is 1. The number of hydrogen-bond acceptors (Lipinski definition) is 4. The van der Waals surface area contributed by atoms with Crippen LogP contribution in [0.15, 0.2) is 36.7 Å². The Morgan fingerprint density at radius 3 is 2.67 bits per heavy atom. The molecule has 1 aliphatic rings. The van der Waals surface area contributed by atoms with Crippen LogP contribution in [0.5, 0.6) is 0 Å². The van der Waals surface area contributed by atoms with Gasteiger partial charge in [0, 0.05) is 26.6 Å². The predicted molar refractivity (Wildman–Crippen MR) is 82.3 cm³/mol. The van der Waals surface area contributed by atoms with Crippen molar-refractivity contribution in [2.45, 2.75) is 20.4 Å². The number of carbonyl (C=O) groups excluding carboxylic acids is 1. The van der Waals surface area contributed by atoms with Gasteiger partial charge >= 0.3 is 0 Å². The average Bonchev–Trinajstić information content (AvgIpc) is 2.49. The van der Waals surface area contributed by atoms with Crippen LogP contribution in [0.2, 0.25) is 0 Å². The molecule has 1 aliphatic heterocycles. The van der Waals surface area contributed by atoms with Crippen molar-refractivity contribution in [1.29, 1.82) is 0 Å². The lowest BCUT2D eigenvalue weighted by Crippen LogP contribution is -2.44. The third-order valence-electron chi connectivity index (χ3n) is 3.75. The molecule has 21 heavy (non-hydrogen) atoms. The number of amides is 1. The summed E-state index contributed by atoms with van der Waals surface area (Å²) in [6.07, 6.45) is 1.57. The summed E-state index contributed by atoms with van der Waals surface area (Å²) >= 11 is 0. The molecule has 0 atom stereocenters. The van der Waals surface area contributed by atoms with Crippen molar-refractivity contribution in [3.8, 4) is 0 Å². The second kappa shape index (κ2) is 5.52. The number of fused-ring (bicyclic) bond motifs is 1. The third-order valence-corrected chi connectivity index (χ3v) is 3.75. The molecule has 0 unspecified atom stereocenters. The van der Waals surface area contributed by atoms with Crippen molar-refractivity contribution >= 4 is 17.4 Å². The Morgan fingerprint density at radius 1 is 1.19 bits per heavy atom. The molecule has 5 heteroatoms. The van der Waals surface area contributed by atoms with Gasteiger partial charge in [-0.15, -0.1) is 0 Å². The molecule has 2 aromatic rings. The summed E-state index contributed by atoms with van der Waals surface area (Å²) < 4.78 is 0. The summed E-state index contributed by atoms with van der Waals surface area (Å²) in [4.78, 5) is 24.5. The normalized spacial score (nSPS) is 14.0. The first kappa shape index (κ1) is 13.5. The molecule has 0 radical (unpaired) electrons. The molecule has 1 aromatic carbocycles. The number of carbonyl (C=O) groups is 1. The molecule has 0 N–H and O–H groups in total. The lowest BCUT2D eigenvalue weighted by molar-refractivity contribution is -0.116. The highest BCUT2D eigenvalue weighted by molar-refractivity contribution is 5.96. The smallest absolute Gasteiger partial charge is 0.224 e. The molecule has 2 heterocycles. The second-order valence-electron chi connectivity index (χ2n) is 5.21. The summed E-state index contributed by atoms with van der Waals surface area (Å²) in [7, 11) is 0. The highest BCUT2D eigenvalue weighted by Crippen LogP contribution is 2.33. The Balaban J connectivity index is 1.97. The van der Waals surface area contributed by atoms with Crippen molar-refractivity contribution in [2.24, 2.45) is 0 Å². The fourth-order valence-electron chi connectivity index (χ4n) is 2.71. The van der Waals surface area contributed by atoms with Gasteiger partial charge in [-0.3, -0.25) is 4.79 Å². The molecular formula is C16H18N4O. The van der Waals surface area contributed by atoms with Crippen LogP contribution in [-0.2, 0) is 11.3 Å². The molecule has 0 aliphatic carbocycles. The van der Waals surface area contributed by atoms with E-state index < -0.39 is 0 Å². The molecule has 0 spiro atoms. The van der Waals surface area contributed by atoms with Crippen molar-refractivity contribution < 1.29 is 4.79 Å². The van der Waals surface area contributed by atoms with Gasteiger partial charge < -0.3 is 9.80 Å². The van der Waals surface area contributed by atoms with Crippen LogP contribution in [-0.4, -0.2) is 29.0 Å². The monoisotopic (exact) mass is 282 g/mol. The Bertz CT molecular complexity index is 657. The molecule has 0 bridgehead atoms. The minimum atomic E-state index is 0.0357. The van der Waals surface area contributed by atoms with Crippen LogP contribution in [0, 0.1) is 6.92 Å². The van der Waals surface area contributed by atoms with E-state index in [1.165, 1.54) is 5.56 Å². The van der Waals surface area contributed by atoms with Crippen LogP contribution in [0.1, 0.15) is 18.2 Å². The molecular weight excluding hydrogens is 264 g/mol. The first-order chi connectivity index (χ1) is 10.2.